The van der Waals surface area contributed by atoms with Gasteiger partial charge in [-0.15, -0.1) is 0 Å². The molecule has 2 N–H and O–H groups in total. The highest BCUT2D eigenvalue weighted by Gasteiger charge is 2.48. The molecule has 2 aromatic rings. The third-order valence-electron chi connectivity index (χ3n) is 5.78. The summed E-state index contributed by atoms with van der Waals surface area (Å²) in [5.74, 6) is 0.570. The summed E-state index contributed by atoms with van der Waals surface area (Å²) in [5.41, 5.74) is -0.00924. The molecule has 4 rings (SSSR count). The molecule has 2 aliphatic rings. The first kappa shape index (κ1) is 22.2. The van der Waals surface area contributed by atoms with Crippen LogP contribution in [-0.4, -0.2) is 59.8 Å². The highest BCUT2D eigenvalue weighted by Crippen LogP contribution is 2.43. The molecule has 0 amide bonds. The van der Waals surface area contributed by atoms with Crippen molar-refractivity contribution in [1.29, 1.82) is 5.41 Å². The lowest BCUT2D eigenvalue weighted by molar-refractivity contribution is -0.141. The van der Waals surface area contributed by atoms with Crippen LogP contribution >= 0.6 is 0 Å². The summed E-state index contributed by atoms with van der Waals surface area (Å²) in [6.07, 6.45) is -3.62. The molecule has 1 spiro atoms. The van der Waals surface area contributed by atoms with Crippen LogP contribution in [0.5, 0.6) is 0 Å². The van der Waals surface area contributed by atoms with E-state index in [1.54, 1.807) is 6.07 Å². The minimum Gasteiger partial charge on any atom is -0.370 e. The van der Waals surface area contributed by atoms with Crippen molar-refractivity contribution in [1.82, 2.24) is 15.0 Å². The van der Waals surface area contributed by atoms with E-state index in [-0.39, 0.29) is 16.9 Å². The van der Waals surface area contributed by atoms with Gasteiger partial charge < -0.3 is 20.5 Å². The fraction of sp³-hybridized carbons (Fsp3) is 0.500. The Morgan fingerprint density at radius 3 is 2.59 bits per heavy atom. The van der Waals surface area contributed by atoms with E-state index in [1.165, 1.54) is 19.3 Å². The number of anilines is 3. The van der Waals surface area contributed by atoms with Gasteiger partial charge in [-0.1, -0.05) is 0 Å². The predicted octanol–water partition coefficient (Wildman–Crippen LogP) is 3.67. The molecule has 2 aromatic heterocycles. The van der Waals surface area contributed by atoms with Gasteiger partial charge in [0.1, 0.15) is 11.5 Å². The van der Waals surface area contributed by atoms with Crippen LogP contribution in [0.15, 0.2) is 24.5 Å². The van der Waals surface area contributed by atoms with Crippen LogP contribution in [0.2, 0.25) is 0 Å². The first-order valence-corrected chi connectivity index (χ1v) is 10.0. The average Bonchev–Trinajstić information content (AvgIpc) is 3.16. The van der Waals surface area contributed by atoms with Crippen LogP contribution in [0.4, 0.5) is 39.4 Å². The highest BCUT2D eigenvalue weighted by atomic mass is 19.4. The molecule has 0 atom stereocenters. The Bertz CT molecular complexity index is 1000. The van der Waals surface area contributed by atoms with Crippen molar-refractivity contribution in [3.8, 4) is 0 Å². The zero-order valence-corrected chi connectivity index (χ0v) is 17.3. The number of rotatable bonds is 6. The summed E-state index contributed by atoms with van der Waals surface area (Å²) < 4.78 is 64.1. The molecule has 0 bridgehead atoms. The van der Waals surface area contributed by atoms with Gasteiger partial charge in [-0.25, -0.2) is 13.8 Å². The minimum absolute atomic E-state index is 0.0995. The lowest BCUT2D eigenvalue weighted by Gasteiger charge is -2.49. The molecule has 0 saturated carbocycles. The van der Waals surface area contributed by atoms with Gasteiger partial charge in [-0.05, 0) is 25.5 Å². The fourth-order valence-electron chi connectivity index (χ4n) is 4.19. The van der Waals surface area contributed by atoms with Crippen LogP contribution in [-0.2, 0) is 6.18 Å². The summed E-state index contributed by atoms with van der Waals surface area (Å²) in [7, 11) is 0. The van der Waals surface area contributed by atoms with Gasteiger partial charge >= 0.3 is 6.18 Å². The highest BCUT2D eigenvalue weighted by molar-refractivity contribution is 6.00. The van der Waals surface area contributed by atoms with Crippen molar-refractivity contribution in [2.45, 2.75) is 25.9 Å². The van der Waals surface area contributed by atoms with Gasteiger partial charge in [0.15, 0.2) is 0 Å². The van der Waals surface area contributed by atoms with E-state index in [9.17, 15) is 22.0 Å². The van der Waals surface area contributed by atoms with Crippen molar-refractivity contribution in [2.24, 2.45) is 5.41 Å². The predicted molar refractivity (Wildman–Crippen MR) is 110 cm³/mol. The van der Waals surface area contributed by atoms with E-state index in [2.05, 4.69) is 20.3 Å². The van der Waals surface area contributed by atoms with Gasteiger partial charge in [0.25, 0.3) is 6.43 Å². The van der Waals surface area contributed by atoms with E-state index >= 15 is 0 Å². The minimum atomic E-state index is -4.49. The third-order valence-corrected chi connectivity index (χ3v) is 5.78. The maximum Gasteiger partial charge on any atom is 0.433 e. The van der Waals surface area contributed by atoms with Crippen molar-refractivity contribution < 1.29 is 22.0 Å². The number of nitrogens with one attached hydrogen (secondary N) is 2. The van der Waals surface area contributed by atoms with Crippen LogP contribution in [0, 0.1) is 10.8 Å². The molecule has 2 aliphatic heterocycles. The zero-order valence-electron chi connectivity index (χ0n) is 17.3. The monoisotopic (exact) mass is 455 g/mol. The second-order valence-electron chi connectivity index (χ2n) is 8.25. The first-order chi connectivity index (χ1) is 15.1. The lowest BCUT2D eigenvalue weighted by Crippen LogP contribution is -2.57. The van der Waals surface area contributed by atoms with E-state index in [0.29, 0.717) is 43.4 Å². The van der Waals surface area contributed by atoms with Crippen LogP contribution in [0.3, 0.4) is 0 Å². The molecular formula is C20H22F5N7. The molecule has 0 unspecified atom stereocenters. The molecular weight excluding hydrogens is 433 g/mol. The molecule has 7 nitrogen and oxygen atoms in total. The second kappa shape index (κ2) is 8.14. The summed E-state index contributed by atoms with van der Waals surface area (Å²) in [4.78, 5) is 15.9. The number of hydrogen-bond donors (Lipinski definition) is 2. The Morgan fingerprint density at radius 2 is 1.94 bits per heavy atom. The maximum atomic E-state index is 12.9. The quantitative estimate of drug-likeness (QED) is 0.511. The number of nitrogens with zero attached hydrogens (tertiary/aromatic N) is 5. The van der Waals surface area contributed by atoms with E-state index in [4.69, 9.17) is 5.41 Å². The fourth-order valence-corrected chi connectivity index (χ4v) is 4.19. The first-order valence-electron chi connectivity index (χ1n) is 10.0. The SMILES string of the molecule is CC(=N)c1cnc(N2CCC3(CN(c4ccnc(C(F)(F)F)c4)C3)C2)nc1NCC(F)F. The molecule has 172 valence electrons. The Morgan fingerprint density at radius 1 is 1.22 bits per heavy atom. The molecule has 0 aliphatic carbocycles. The third kappa shape index (κ3) is 4.44. The summed E-state index contributed by atoms with van der Waals surface area (Å²) >= 11 is 0. The van der Waals surface area contributed by atoms with Gasteiger partial charge in [0.2, 0.25) is 5.95 Å². The van der Waals surface area contributed by atoms with E-state index in [0.717, 1.165) is 12.5 Å². The Labute approximate surface area is 181 Å². The Hall–Kier alpha value is -3.05. The van der Waals surface area contributed by atoms with Gasteiger partial charge in [-0.3, -0.25) is 4.98 Å². The molecule has 0 aromatic carbocycles. The van der Waals surface area contributed by atoms with Crippen LogP contribution < -0.4 is 15.1 Å². The van der Waals surface area contributed by atoms with Gasteiger partial charge in [0.05, 0.1) is 12.1 Å². The molecule has 12 heteroatoms. The largest absolute Gasteiger partial charge is 0.433 e. The molecule has 0 radical (unpaired) electrons. The lowest BCUT2D eigenvalue weighted by atomic mass is 9.79. The van der Waals surface area contributed by atoms with E-state index < -0.39 is 24.8 Å². The van der Waals surface area contributed by atoms with Crippen molar-refractivity contribution in [2.75, 3.05) is 47.8 Å². The molecule has 32 heavy (non-hydrogen) atoms. The molecule has 4 heterocycles. The Kier molecular flexibility index (Phi) is 5.63. The smallest absolute Gasteiger partial charge is 0.370 e. The number of alkyl halides is 5. The maximum absolute atomic E-state index is 12.9. The summed E-state index contributed by atoms with van der Waals surface area (Å²) in [6.45, 7) is 3.40. The van der Waals surface area contributed by atoms with Gasteiger partial charge in [0, 0.05) is 55.4 Å². The van der Waals surface area contributed by atoms with Crippen molar-refractivity contribution >= 4 is 23.2 Å². The average molecular weight is 455 g/mol. The number of halogens is 5. The van der Waals surface area contributed by atoms with Crippen molar-refractivity contribution in [3.05, 3.63) is 35.8 Å². The number of aromatic nitrogens is 3. The van der Waals surface area contributed by atoms with Crippen LogP contribution in [0.1, 0.15) is 24.6 Å². The Balaban J connectivity index is 1.44. The van der Waals surface area contributed by atoms with E-state index in [1.807, 2.05) is 9.80 Å². The summed E-state index contributed by atoms with van der Waals surface area (Å²) in [6, 6.07) is 2.62. The molecule has 2 saturated heterocycles. The number of pyridine rings is 1. The second-order valence-corrected chi connectivity index (χ2v) is 8.25. The molecule has 2 fully saturated rings. The van der Waals surface area contributed by atoms with Crippen LogP contribution in [0.25, 0.3) is 0 Å². The van der Waals surface area contributed by atoms with Crippen molar-refractivity contribution in [3.63, 3.8) is 0 Å². The number of hydrogen-bond acceptors (Lipinski definition) is 7. The normalized spacial score (nSPS) is 17.7. The van der Waals surface area contributed by atoms with Gasteiger partial charge in [-0.2, -0.15) is 18.2 Å². The standard InChI is InChI=1S/C20H22F5N7/c1-12(26)14-7-29-18(30-17(14)28-8-16(21)22)31-5-3-19(9-31)10-32(11-19)13-2-4-27-15(6-13)20(23,24)25/h2,4,6-7,16,26H,3,5,8-11H2,1H3,(H,28,29,30). The topological polar surface area (TPSA) is 81.0 Å². The summed E-state index contributed by atoms with van der Waals surface area (Å²) in [5, 5.41) is 10.4. The zero-order chi connectivity index (χ0) is 23.1.